The lowest BCUT2D eigenvalue weighted by Gasteiger charge is -2.43. The molecule has 2 aliphatic rings. The number of nitrogen functional groups attached to an aromatic ring is 1. The zero-order valence-electron chi connectivity index (χ0n) is 18.6. The molecule has 0 aliphatic carbocycles. The van der Waals surface area contributed by atoms with Crippen molar-refractivity contribution in [2.75, 3.05) is 44.7 Å². The average Bonchev–Trinajstić information content (AvgIpc) is 2.73. The molecule has 33 heavy (non-hydrogen) atoms. The van der Waals surface area contributed by atoms with Crippen molar-refractivity contribution in [3.8, 4) is 0 Å². The lowest BCUT2D eigenvalue weighted by atomic mass is 9.78. The second-order valence-electron chi connectivity index (χ2n) is 9.03. The number of hydrogen-bond donors (Lipinski definition) is 3. The van der Waals surface area contributed by atoms with Crippen LogP contribution in [0.2, 0.25) is 0 Å². The van der Waals surface area contributed by atoms with Crippen LogP contribution >= 0.6 is 0 Å². The van der Waals surface area contributed by atoms with E-state index in [0.29, 0.717) is 4.48 Å². The van der Waals surface area contributed by atoms with Gasteiger partial charge in [-0.15, -0.1) is 0 Å². The van der Waals surface area contributed by atoms with Crippen LogP contribution < -0.4 is 15.7 Å². The topological polar surface area (TPSA) is 131 Å². The molecule has 0 unspecified atom stereocenters. The summed E-state index contributed by atoms with van der Waals surface area (Å²) in [6.45, 7) is 4.37. The number of carboxylic acids is 2. The Labute approximate surface area is 190 Å². The van der Waals surface area contributed by atoms with Gasteiger partial charge in [-0.3, -0.25) is 5.41 Å². The van der Waals surface area contributed by atoms with Crippen molar-refractivity contribution in [3.05, 3.63) is 29.8 Å². The van der Waals surface area contributed by atoms with Gasteiger partial charge in [0.2, 0.25) is 0 Å². The molecule has 1 aromatic carbocycles. The molecule has 0 saturated carbocycles. The van der Waals surface area contributed by atoms with E-state index in [1.165, 1.54) is 18.5 Å². The number of nitrogens with one attached hydrogen (secondary N) is 1. The van der Waals surface area contributed by atoms with Crippen LogP contribution in [0.5, 0.6) is 0 Å². The highest BCUT2D eigenvalue weighted by Crippen LogP contribution is 2.35. The van der Waals surface area contributed by atoms with Crippen LogP contribution in [0.4, 0.5) is 18.9 Å². The minimum Gasteiger partial charge on any atom is -0.542 e. The van der Waals surface area contributed by atoms with Crippen LogP contribution in [0.25, 0.3) is 0 Å². The maximum absolute atomic E-state index is 11.0. The number of nitrogens with zero attached hydrogens (tertiary/aromatic N) is 2. The van der Waals surface area contributed by atoms with Gasteiger partial charge >= 0.3 is 12.1 Å². The summed E-state index contributed by atoms with van der Waals surface area (Å²) in [7, 11) is 2.08. The zero-order valence-corrected chi connectivity index (χ0v) is 18.6. The van der Waals surface area contributed by atoms with Gasteiger partial charge in [-0.1, -0.05) is 0 Å². The summed E-state index contributed by atoms with van der Waals surface area (Å²) < 4.78 is 32.2. The van der Waals surface area contributed by atoms with Crippen molar-refractivity contribution in [2.24, 2.45) is 17.6 Å². The maximum atomic E-state index is 11.0. The highest BCUT2D eigenvalue weighted by molar-refractivity contribution is 5.95. The van der Waals surface area contributed by atoms with Gasteiger partial charge < -0.3 is 30.1 Å². The van der Waals surface area contributed by atoms with Crippen LogP contribution in [-0.4, -0.2) is 73.3 Å². The summed E-state index contributed by atoms with van der Waals surface area (Å²) in [5.41, 5.74) is 7.51. The summed E-state index contributed by atoms with van der Waals surface area (Å²) in [6.07, 6.45) is -0.465. The highest BCUT2D eigenvalue weighted by Gasteiger charge is 2.36. The number of carboxylic acid groups (broad SMARTS) is 2. The minimum absolute atomic E-state index is 0.112. The first kappa shape index (κ1) is 26.4. The Morgan fingerprint density at radius 1 is 1.12 bits per heavy atom. The molecule has 2 heterocycles. The molecule has 0 bridgehead atoms. The standard InChI is InChI=1S/C20H30N4O2.C2HF3O2/c1-24(14-19(25)26)12-8-16(9-13-24)15-6-10-23(11-7-15)18-4-2-17(3-5-18)20(21)22;3-2(4,5)1(6)7/h2-5,15-16H,6-14H2,1H3,(H3-,21,22,25,26);(H,6,7). The lowest BCUT2D eigenvalue weighted by molar-refractivity contribution is -0.908. The van der Waals surface area contributed by atoms with Crippen LogP contribution in [0.15, 0.2) is 24.3 Å². The molecule has 0 amide bonds. The second kappa shape index (κ2) is 10.9. The smallest absolute Gasteiger partial charge is 0.430 e. The van der Waals surface area contributed by atoms with E-state index >= 15 is 0 Å². The predicted octanol–water partition coefficient (Wildman–Crippen LogP) is 1.43. The van der Waals surface area contributed by atoms with E-state index in [1.807, 2.05) is 12.1 Å². The molecule has 2 fully saturated rings. The van der Waals surface area contributed by atoms with Gasteiger partial charge in [0.15, 0.2) is 6.54 Å². The van der Waals surface area contributed by atoms with Crippen LogP contribution in [0.1, 0.15) is 31.2 Å². The number of halogens is 3. The van der Waals surface area contributed by atoms with Crippen molar-refractivity contribution < 1.29 is 37.5 Å². The fourth-order valence-electron chi connectivity index (χ4n) is 4.65. The summed E-state index contributed by atoms with van der Waals surface area (Å²) in [5, 5.41) is 25.4. The van der Waals surface area contributed by atoms with Gasteiger partial charge in [-0.25, -0.2) is 4.79 Å². The molecule has 3 rings (SSSR count). The van der Waals surface area contributed by atoms with Gasteiger partial charge in [0.1, 0.15) is 11.8 Å². The number of hydrogen-bond acceptors (Lipinski definition) is 5. The molecule has 0 spiro atoms. The summed E-state index contributed by atoms with van der Waals surface area (Å²) in [4.78, 5) is 22.3. The van der Waals surface area contributed by atoms with E-state index in [4.69, 9.17) is 26.2 Å². The number of piperidine rings is 2. The number of rotatable bonds is 5. The monoisotopic (exact) mass is 472 g/mol. The van der Waals surface area contributed by atoms with E-state index in [1.54, 1.807) is 0 Å². The van der Waals surface area contributed by atoms with Crippen molar-refractivity contribution in [1.82, 2.24) is 0 Å². The Kier molecular flexibility index (Phi) is 8.70. The number of likely N-dealkylation sites (tertiary alicyclic amines) is 1. The third-order valence-corrected chi connectivity index (χ3v) is 6.58. The van der Waals surface area contributed by atoms with E-state index in [0.717, 1.165) is 56.4 Å². The number of carbonyl (C=O) groups excluding carboxylic acids is 1. The number of anilines is 1. The number of likely N-dealkylation sites (N-methyl/N-ethyl adjacent to an activating group) is 1. The number of carbonyl (C=O) groups is 2. The molecule has 11 heteroatoms. The van der Waals surface area contributed by atoms with Crippen molar-refractivity contribution in [1.29, 1.82) is 5.41 Å². The summed E-state index contributed by atoms with van der Waals surface area (Å²) in [6, 6.07) is 7.97. The predicted molar refractivity (Wildman–Crippen MR) is 115 cm³/mol. The summed E-state index contributed by atoms with van der Waals surface area (Å²) >= 11 is 0. The minimum atomic E-state index is -5.19. The fourth-order valence-corrected chi connectivity index (χ4v) is 4.65. The number of quaternary nitrogens is 1. The van der Waals surface area contributed by atoms with Crippen LogP contribution in [-0.2, 0) is 9.59 Å². The third-order valence-electron chi connectivity index (χ3n) is 6.58. The van der Waals surface area contributed by atoms with E-state index in [9.17, 15) is 18.0 Å². The quantitative estimate of drug-likeness (QED) is 0.338. The maximum Gasteiger partial charge on any atom is 0.430 e. The highest BCUT2D eigenvalue weighted by atomic mass is 19.4. The first-order valence-electron chi connectivity index (χ1n) is 10.8. The van der Waals surface area contributed by atoms with E-state index in [2.05, 4.69) is 24.1 Å². The van der Waals surface area contributed by atoms with Crippen LogP contribution in [0, 0.1) is 17.2 Å². The van der Waals surface area contributed by atoms with Crippen molar-refractivity contribution >= 4 is 23.5 Å². The number of alkyl halides is 3. The Bertz CT molecular complexity index is 829. The first-order chi connectivity index (χ1) is 15.3. The van der Waals surface area contributed by atoms with E-state index in [-0.39, 0.29) is 12.4 Å². The van der Waals surface area contributed by atoms with Gasteiger partial charge in [0, 0.05) is 24.3 Å². The molecule has 4 N–H and O–H groups in total. The number of nitrogens with two attached hydrogens (primary N) is 1. The van der Waals surface area contributed by atoms with Gasteiger partial charge in [-0.2, -0.15) is 13.2 Å². The molecule has 2 saturated heterocycles. The number of benzene rings is 1. The Morgan fingerprint density at radius 2 is 1.58 bits per heavy atom. The molecular formula is C22H31F3N4O4. The Balaban J connectivity index is 0.000000479. The molecule has 184 valence electrons. The molecule has 1 aromatic rings. The lowest BCUT2D eigenvalue weighted by Crippen LogP contribution is -2.53. The molecule has 2 aliphatic heterocycles. The molecular weight excluding hydrogens is 441 g/mol. The molecule has 8 nitrogen and oxygen atoms in total. The molecule has 0 aromatic heterocycles. The average molecular weight is 473 g/mol. The molecule has 0 radical (unpaired) electrons. The van der Waals surface area contributed by atoms with Gasteiger partial charge in [-0.05, 0) is 61.8 Å². The summed E-state index contributed by atoms with van der Waals surface area (Å²) in [5.74, 6) is -2.07. The third kappa shape index (κ3) is 7.92. The Morgan fingerprint density at radius 3 is 1.97 bits per heavy atom. The molecule has 0 atom stereocenters. The normalized spacial score (nSPS) is 23.9. The van der Waals surface area contributed by atoms with Crippen LogP contribution in [0.3, 0.4) is 0 Å². The fraction of sp³-hybridized carbons (Fsp3) is 0.591. The SMILES string of the molecule is C[N+]1(CC(=O)O)CCC(C2CCN(c3ccc(C(=N)N)cc3)CC2)CC1.O=C([O-])C(F)(F)F. The van der Waals surface area contributed by atoms with Gasteiger partial charge in [0.25, 0.3) is 0 Å². The van der Waals surface area contributed by atoms with Crippen molar-refractivity contribution in [2.45, 2.75) is 31.9 Å². The van der Waals surface area contributed by atoms with E-state index < -0.39 is 18.1 Å². The zero-order chi connectivity index (χ0) is 24.8. The number of aliphatic carboxylic acids is 2. The number of amidine groups is 1. The second-order valence-corrected chi connectivity index (χ2v) is 9.03. The Hall–Kier alpha value is -2.82. The van der Waals surface area contributed by atoms with Gasteiger partial charge in [0.05, 0.1) is 20.1 Å². The first-order valence-corrected chi connectivity index (χ1v) is 10.8. The largest absolute Gasteiger partial charge is 0.542 e. The van der Waals surface area contributed by atoms with Crippen molar-refractivity contribution in [3.63, 3.8) is 0 Å².